The van der Waals surface area contributed by atoms with Crippen molar-refractivity contribution in [2.24, 2.45) is 0 Å². The Morgan fingerprint density at radius 2 is 2.07 bits per heavy atom. The zero-order valence-corrected chi connectivity index (χ0v) is 9.43. The third kappa shape index (κ3) is 3.02. The first-order chi connectivity index (χ1) is 6.63. The lowest BCUT2D eigenvalue weighted by Gasteiger charge is -1.97. The van der Waals surface area contributed by atoms with Gasteiger partial charge in [0.05, 0.1) is 4.43 Å². The molecule has 0 spiro atoms. The van der Waals surface area contributed by atoms with Crippen LogP contribution in [0.25, 0.3) is 6.08 Å². The minimum Gasteiger partial charge on any atom is -0.504 e. The van der Waals surface area contributed by atoms with E-state index in [1.807, 2.05) is 22.6 Å². The largest absolute Gasteiger partial charge is 0.504 e. The van der Waals surface area contributed by atoms with Gasteiger partial charge in [-0.2, -0.15) is 0 Å². The Morgan fingerprint density at radius 1 is 1.36 bits per heavy atom. The van der Waals surface area contributed by atoms with Gasteiger partial charge in [0.15, 0.2) is 17.3 Å². The van der Waals surface area contributed by atoms with E-state index in [1.54, 1.807) is 12.1 Å². The van der Waals surface area contributed by atoms with E-state index in [0.717, 1.165) is 0 Å². The molecule has 0 aliphatic heterocycles. The number of carbonyl (C=O) groups is 1. The first kappa shape index (κ1) is 11.0. The topological polar surface area (TPSA) is 57.5 Å². The summed E-state index contributed by atoms with van der Waals surface area (Å²) in [5, 5.41) is 18.2. The smallest absolute Gasteiger partial charge is 0.165 e. The van der Waals surface area contributed by atoms with Crippen LogP contribution >= 0.6 is 22.6 Å². The summed E-state index contributed by atoms with van der Waals surface area (Å²) in [4.78, 5) is 10.9. The van der Waals surface area contributed by atoms with Crippen molar-refractivity contribution in [3.05, 3.63) is 29.8 Å². The molecular weight excluding hydrogens is 295 g/mol. The molecule has 0 atom stereocenters. The molecule has 0 aromatic heterocycles. The van der Waals surface area contributed by atoms with E-state index in [-0.39, 0.29) is 17.3 Å². The van der Waals surface area contributed by atoms with Crippen LogP contribution in [-0.2, 0) is 4.79 Å². The summed E-state index contributed by atoms with van der Waals surface area (Å²) in [6.45, 7) is 0. The van der Waals surface area contributed by atoms with Crippen LogP contribution in [0.3, 0.4) is 0 Å². The Labute approximate surface area is 95.2 Å². The number of hydrogen-bond acceptors (Lipinski definition) is 3. The van der Waals surface area contributed by atoms with Crippen molar-refractivity contribution < 1.29 is 15.0 Å². The number of rotatable bonds is 3. The monoisotopic (exact) mass is 304 g/mol. The Bertz CT molecular complexity index is 372. The molecule has 1 aromatic carbocycles. The molecule has 0 amide bonds. The van der Waals surface area contributed by atoms with E-state index in [1.165, 1.54) is 18.2 Å². The fourth-order valence-electron chi connectivity index (χ4n) is 0.878. The second-order valence-electron chi connectivity index (χ2n) is 2.68. The number of benzene rings is 1. The summed E-state index contributed by atoms with van der Waals surface area (Å²) in [5.74, 6) is -0.338. The number of allylic oxidation sites excluding steroid dienone is 1. The van der Waals surface area contributed by atoms with Gasteiger partial charge in [0, 0.05) is 0 Å². The minimum atomic E-state index is -0.186. The molecule has 0 aliphatic carbocycles. The summed E-state index contributed by atoms with van der Waals surface area (Å²) in [6, 6.07) is 4.39. The molecule has 4 heteroatoms. The van der Waals surface area contributed by atoms with Gasteiger partial charge in [-0.1, -0.05) is 34.7 Å². The number of alkyl halides is 1. The van der Waals surface area contributed by atoms with E-state index in [0.29, 0.717) is 9.99 Å². The van der Waals surface area contributed by atoms with Gasteiger partial charge in [0.1, 0.15) is 0 Å². The Balaban J connectivity index is 2.83. The molecule has 0 bridgehead atoms. The zero-order valence-electron chi connectivity index (χ0n) is 7.27. The van der Waals surface area contributed by atoms with E-state index >= 15 is 0 Å². The molecule has 0 fully saturated rings. The summed E-state index contributed by atoms with van der Waals surface area (Å²) < 4.78 is 0.429. The molecule has 14 heavy (non-hydrogen) atoms. The van der Waals surface area contributed by atoms with Crippen LogP contribution in [0.15, 0.2) is 24.3 Å². The highest BCUT2D eigenvalue weighted by molar-refractivity contribution is 14.1. The molecule has 0 saturated heterocycles. The molecule has 0 heterocycles. The third-order valence-electron chi connectivity index (χ3n) is 1.59. The minimum absolute atomic E-state index is 0.0122. The van der Waals surface area contributed by atoms with Crippen molar-refractivity contribution in [2.45, 2.75) is 0 Å². The maximum atomic E-state index is 10.9. The van der Waals surface area contributed by atoms with E-state index in [4.69, 9.17) is 10.2 Å². The molecule has 0 radical (unpaired) electrons. The number of phenolic OH excluding ortho intramolecular Hbond substituents is 2. The van der Waals surface area contributed by atoms with Gasteiger partial charge in [0.25, 0.3) is 0 Å². The van der Waals surface area contributed by atoms with Crippen LogP contribution in [0.5, 0.6) is 11.5 Å². The summed E-state index contributed by atoms with van der Waals surface area (Å²) in [6.07, 6.45) is 3.04. The quantitative estimate of drug-likeness (QED) is 0.389. The van der Waals surface area contributed by atoms with E-state index in [9.17, 15) is 4.79 Å². The molecular formula is C10H9IO3. The maximum Gasteiger partial charge on any atom is 0.165 e. The summed E-state index contributed by atoms with van der Waals surface area (Å²) in [7, 11) is 0. The molecule has 0 saturated carbocycles. The second kappa shape index (κ2) is 4.99. The van der Waals surface area contributed by atoms with Crippen molar-refractivity contribution in [3.63, 3.8) is 0 Å². The van der Waals surface area contributed by atoms with Crippen LogP contribution in [0.2, 0.25) is 0 Å². The first-order valence-electron chi connectivity index (χ1n) is 3.92. The first-order valence-corrected chi connectivity index (χ1v) is 5.45. The zero-order chi connectivity index (χ0) is 10.6. The highest BCUT2D eigenvalue weighted by Gasteiger charge is 1.98. The molecule has 1 aromatic rings. The molecule has 74 valence electrons. The van der Waals surface area contributed by atoms with Gasteiger partial charge in [-0.3, -0.25) is 4.79 Å². The van der Waals surface area contributed by atoms with Crippen molar-refractivity contribution >= 4 is 34.5 Å². The lowest BCUT2D eigenvalue weighted by Crippen LogP contribution is -1.90. The highest BCUT2D eigenvalue weighted by Crippen LogP contribution is 2.25. The lowest BCUT2D eigenvalue weighted by molar-refractivity contribution is -0.112. The van der Waals surface area contributed by atoms with Gasteiger partial charge < -0.3 is 10.2 Å². The predicted molar refractivity (Wildman–Crippen MR) is 62.7 cm³/mol. The SMILES string of the molecule is O=C(/C=C/c1ccc(O)c(O)c1)CI. The maximum absolute atomic E-state index is 10.9. The van der Waals surface area contributed by atoms with Crippen LogP contribution in [0.4, 0.5) is 0 Å². The van der Waals surface area contributed by atoms with Crippen LogP contribution in [0, 0.1) is 0 Å². The average molecular weight is 304 g/mol. The number of hydrogen-bond donors (Lipinski definition) is 2. The van der Waals surface area contributed by atoms with Crippen molar-refractivity contribution in [3.8, 4) is 11.5 Å². The number of phenols is 2. The summed E-state index contributed by atoms with van der Waals surface area (Å²) in [5.41, 5.74) is 0.679. The number of halogens is 1. The highest BCUT2D eigenvalue weighted by atomic mass is 127. The van der Waals surface area contributed by atoms with Crippen LogP contribution in [-0.4, -0.2) is 20.4 Å². The molecule has 2 N–H and O–H groups in total. The standard InChI is InChI=1S/C10H9IO3/c11-6-8(12)3-1-7-2-4-9(13)10(14)5-7/h1-5,13-14H,6H2/b3-1+. The number of ketones is 1. The fourth-order valence-corrected chi connectivity index (χ4v) is 1.13. The normalized spacial score (nSPS) is 10.6. The average Bonchev–Trinajstić information content (AvgIpc) is 2.19. The Kier molecular flexibility index (Phi) is 3.94. The fraction of sp³-hybridized carbons (Fsp3) is 0.100. The van der Waals surface area contributed by atoms with E-state index in [2.05, 4.69) is 0 Å². The second-order valence-corrected chi connectivity index (χ2v) is 3.44. The molecule has 0 unspecified atom stereocenters. The molecule has 3 nitrogen and oxygen atoms in total. The van der Waals surface area contributed by atoms with Gasteiger partial charge >= 0.3 is 0 Å². The number of aromatic hydroxyl groups is 2. The summed E-state index contributed by atoms with van der Waals surface area (Å²) >= 11 is 1.98. The Morgan fingerprint density at radius 3 is 2.64 bits per heavy atom. The van der Waals surface area contributed by atoms with Crippen LogP contribution < -0.4 is 0 Å². The van der Waals surface area contributed by atoms with Crippen molar-refractivity contribution in [2.75, 3.05) is 4.43 Å². The predicted octanol–water partition coefficient (Wildman–Crippen LogP) is 2.12. The van der Waals surface area contributed by atoms with Gasteiger partial charge in [0.2, 0.25) is 0 Å². The van der Waals surface area contributed by atoms with Gasteiger partial charge in [-0.25, -0.2) is 0 Å². The van der Waals surface area contributed by atoms with Gasteiger partial charge in [-0.05, 0) is 23.8 Å². The number of carbonyl (C=O) groups excluding carboxylic acids is 1. The lowest BCUT2D eigenvalue weighted by atomic mass is 10.2. The third-order valence-corrected chi connectivity index (χ3v) is 2.34. The molecule has 1 rings (SSSR count). The Hall–Kier alpha value is -1.04. The van der Waals surface area contributed by atoms with E-state index < -0.39 is 0 Å². The van der Waals surface area contributed by atoms with Crippen molar-refractivity contribution in [1.82, 2.24) is 0 Å². The molecule has 0 aliphatic rings. The van der Waals surface area contributed by atoms with Crippen LogP contribution in [0.1, 0.15) is 5.56 Å². The van der Waals surface area contributed by atoms with Gasteiger partial charge in [-0.15, -0.1) is 0 Å². The van der Waals surface area contributed by atoms with Crippen molar-refractivity contribution in [1.29, 1.82) is 0 Å².